The third kappa shape index (κ3) is 1.33. The minimum Gasteiger partial charge on any atom is -0.253 e. The van der Waals surface area contributed by atoms with Crippen LogP contribution in [0.3, 0.4) is 0 Å². The molecule has 3 rings (SSSR count). The Morgan fingerprint density at radius 2 is 2.06 bits per heavy atom. The summed E-state index contributed by atoms with van der Waals surface area (Å²) in [4.78, 5) is 8.21. The van der Waals surface area contributed by atoms with E-state index in [0.717, 1.165) is 5.56 Å². The topological polar surface area (TPSA) is 43.1 Å². The van der Waals surface area contributed by atoms with Gasteiger partial charge in [0.05, 0.1) is 23.7 Å². The molecule has 78 valence electrons. The van der Waals surface area contributed by atoms with E-state index in [-0.39, 0.29) is 5.82 Å². The number of hydrogen-bond acceptors (Lipinski definition) is 3. The van der Waals surface area contributed by atoms with Crippen LogP contribution in [0.25, 0.3) is 16.9 Å². The first-order chi connectivity index (χ1) is 7.84. The number of fused-ring (bicyclic) bond motifs is 1. The number of halogens is 1. The average Bonchev–Trinajstić information content (AvgIpc) is 2.74. The Morgan fingerprint density at radius 3 is 2.88 bits per heavy atom. The number of aromatic nitrogens is 4. The van der Waals surface area contributed by atoms with Gasteiger partial charge in [0.1, 0.15) is 5.82 Å². The predicted molar refractivity (Wildman–Crippen MR) is 56.2 cm³/mol. The van der Waals surface area contributed by atoms with Crippen molar-refractivity contribution in [1.82, 2.24) is 19.6 Å². The first-order valence-electron chi connectivity index (χ1n) is 4.75. The highest BCUT2D eigenvalue weighted by Crippen LogP contribution is 2.20. The smallest absolute Gasteiger partial charge is 0.164 e. The van der Waals surface area contributed by atoms with E-state index in [1.807, 2.05) is 0 Å². The number of nitrogens with zero attached hydrogens (tertiary/aromatic N) is 4. The van der Waals surface area contributed by atoms with E-state index in [1.165, 1.54) is 12.3 Å². The minimum atomic E-state index is -0.354. The van der Waals surface area contributed by atoms with Crippen LogP contribution in [0.5, 0.6) is 0 Å². The molecule has 0 bridgehead atoms. The normalized spacial score (nSPS) is 10.8. The van der Waals surface area contributed by atoms with Gasteiger partial charge < -0.3 is 0 Å². The fourth-order valence-electron chi connectivity index (χ4n) is 1.54. The van der Waals surface area contributed by atoms with Crippen LogP contribution in [0.4, 0.5) is 4.39 Å². The van der Waals surface area contributed by atoms with Gasteiger partial charge in [0.15, 0.2) is 5.65 Å². The standard InChI is InChI=1S/C11H7FN4/c12-8-2-3-10(14-6-8)9-7-15-16-5-1-4-13-11(9)16/h1-7H. The molecule has 0 fully saturated rings. The number of hydrogen-bond donors (Lipinski definition) is 0. The van der Waals surface area contributed by atoms with Gasteiger partial charge in [-0.25, -0.2) is 13.9 Å². The minimum absolute atomic E-state index is 0.354. The molecule has 16 heavy (non-hydrogen) atoms. The lowest BCUT2D eigenvalue weighted by molar-refractivity contribution is 0.622. The molecule has 0 aliphatic rings. The molecule has 0 N–H and O–H groups in total. The van der Waals surface area contributed by atoms with Gasteiger partial charge >= 0.3 is 0 Å². The molecular weight excluding hydrogens is 207 g/mol. The van der Waals surface area contributed by atoms with Crippen LogP contribution in [-0.2, 0) is 0 Å². The van der Waals surface area contributed by atoms with Gasteiger partial charge in [0.2, 0.25) is 0 Å². The van der Waals surface area contributed by atoms with Crippen LogP contribution in [-0.4, -0.2) is 19.6 Å². The van der Waals surface area contributed by atoms with Gasteiger partial charge in [0, 0.05) is 12.4 Å². The SMILES string of the molecule is Fc1ccc(-c2cnn3cccnc23)nc1. The van der Waals surface area contributed by atoms with Gasteiger partial charge in [-0.2, -0.15) is 5.10 Å². The molecule has 0 atom stereocenters. The van der Waals surface area contributed by atoms with E-state index in [4.69, 9.17) is 0 Å². The summed E-state index contributed by atoms with van der Waals surface area (Å²) in [5.41, 5.74) is 2.16. The molecular formula is C11H7FN4. The molecule has 0 aliphatic carbocycles. The highest BCUT2D eigenvalue weighted by Gasteiger charge is 2.08. The van der Waals surface area contributed by atoms with E-state index in [1.54, 1.807) is 35.2 Å². The third-order valence-corrected chi connectivity index (χ3v) is 2.28. The van der Waals surface area contributed by atoms with Crippen molar-refractivity contribution >= 4 is 5.65 Å². The Kier molecular flexibility index (Phi) is 1.89. The number of rotatable bonds is 1. The summed E-state index contributed by atoms with van der Waals surface area (Å²) in [5.74, 6) is -0.354. The molecule has 0 aliphatic heterocycles. The summed E-state index contributed by atoms with van der Waals surface area (Å²) >= 11 is 0. The lowest BCUT2D eigenvalue weighted by Gasteiger charge is -1.97. The third-order valence-electron chi connectivity index (χ3n) is 2.28. The molecule has 0 spiro atoms. The molecule has 3 aromatic rings. The van der Waals surface area contributed by atoms with Crippen molar-refractivity contribution in [1.29, 1.82) is 0 Å². The zero-order valence-corrected chi connectivity index (χ0v) is 8.21. The lowest BCUT2D eigenvalue weighted by Crippen LogP contribution is -1.89. The quantitative estimate of drug-likeness (QED) is 0.621. The van der Waals surface area contributed by atoms with Crippen LogP contribution < -0.4 is 0 Å². The van der Waals surface area contributed by atoms with Crippen LogP contribution in [0.15, 0.2) is 43.0 Å². The Morgan fingerprint density at radius 1 is 1.12 bits per heavy atom. The highest BCUT2D eigenvalue weighted by molar-refractivity contribution is 5.73. The van der Waals surface area contributed by atoms with E-state index >= 15 is 0 Å². The molecule has 0 saturated heterocycles. The second-order valence-corrected chi connectivity index (χ2v) is 3.31. The summed E-state index contributed by atoms with van der Waals surface area (Å²) in [5, 5.41) is 4.14. The Labute approximate surface area is 90.4 Å². The maximum absolute atomic E-state index is 12.7. The van der Waals surface area contributed by atoms with Gasteiger partial charge in [-0.3, -0.25) is 4.98 Å². The lowest BCUT2D eigenvalue weighted by atomic mass is 10.2. The molecule has 4 nitrogen and oxygen atoms in total. The fraction of sp³-hybridized carbons (Fsp3) is 0. The van der Waals surface area contributed by atoms with Gasteiger partial charge in [-0.1, -0.05) is 0 Å². The van der Waals surface area contributed by atoms with E-state index in [0.29, 0.717) is 11.3 Å². The van der Waals surface area contributed by atoms with Crippen LogP contribution in [0, 0.1) is 5.82 Å². The van der Waals surface area contributed by atoms with E-state index in [9.17, 15) is 4.39 Å². The summed E-state index contributed by atoms with van der Waals surface area (Å²) in [6.45, 7) is 0. The fourth-order valence-corrected chi connectivity index (χ4v) is 1.54. The van der Waals surface area contributed by atoms with Crippen molar-refractivity contribution in [2.75, 3.05) is 0 Å². The first kappa shape index (κ1) is 8.96. The van der Waals surface area contributed by atoms with Gasteiger partial charge in [0.25, 0.3) is 0 Å². The largest absolute Gasteiger partial charge is 0.253 e. The molecule has 3 aromatic heterocycles. The van der Waals surface area contributed by atoms with Gasteiger partial charge in [-0.05, 0) is 18.2 Å². The molecule has 3 heterocycles. The van der Waals surface area contributed by atoms with Gasteiger partial charge in [-0.15, -0.1) is 0 Å². The zero-order valence-electron chi connectivity index (χ0n) is 8.21. The predicted octanol–water partition coefficient (Wildman–Crippen LogP) is 1.93. The number of pyridine rings is 1. The first-order valence-corrected chi connectivity index (χ1v) is 4.75. The van der Waals surface area contributed by atoms with Crippen LogP contribution in [0.2, 0.25) is 0 Å². The molecule has 0 unspecified atom stereocenters. The van der Waals surface area contributed by atoms with Crippen molar-refractivity contribution in [2.24, 2.45) is 0 Å². The summed E-state index contributed by atoms with van der Waals surface area (Å²) < 4.78 is 14.4. The molecule has 0 saturated carbocycles. The Bertz CT molecular complexity index is 630. The molecule has 0 aromatic carbocycles. The molecule has 0 amide bonds. The Balaban J connectivity index is 2.22. The van der Waals surface area contributed by atoms with Crippen LogP contribution in [0.1, 0.15) is 0 Å². The second-order valence-electron chi connectivity index (χ2n) is 3.31. The van der Waals surface area contributed by atoms with Crippen LogP contribution >= 0.6 is 0 Å². The van der Waals surface area contributed by atoms with Crippen molar-refractivity contribution in [2.45, 2.75) is 0 Å². The highest BCUT2D eigenvalue weighted by atomic mass is 19.1. The maximum Gasteiger partial charge on any atom is 0.164 e. The Hall–Kier alpha value is -2.30. The summed E-state index contributed by atoms with van der Waals surface area (Å²) in [7, 11) is 0. The monoisotopic (exact) mass is 214 g/mol. The van der Waals surface area contributed by atoms with E-state index < -0.39 is 0 Å². The molecule has 5 heteroatoms. The summed E-state index contributed by atoms with van der Waals surface area (Å²) in [6.07, 6.45) is 6.34. The summed E-state index contributed by atoms with van der Waals surface area (Å²) in [6, 6.07) is 4.78. The molecule has 0 radical (unpaired) electrons. The van der Waals surface area contributed by atoms with Crippen molar-refractivity contribution < 1.29 is 4.39 Å². The second kappa shape index (κ2) is 3.37. The average molecular weight is 214 g/mol. The maximum atomic E-state index is 12.7. The van der Waals surface area contributed by atoms with Crippen molar-refractivity contribution in [3.05, 3.63) is 48.8 Å². The van der Waals surface area contributed by atoms with E-state index in [2.05, 4.69) is 15.1 Å². The van der Waals surface area contributed by atoms with Crippen molar-refractivity contribution in [3.8, 4) is 11.3 Å². The zero-order chi connectivity index (χ0) is 11.0. The van der Waals surface area contributed by atoms with Crippen molar-refractivity contribution in [3.63, 3.8) is 0 Å².